The number of hydrogen-bond acceptors (Lipinski definition) is 4. The number of carbonyl (C=O) groups is 1. The summed E-state index contributed by atoms with van der Waals surface area (Å²) in [7, 11) is 0.387. The maximum atomic E-state index is 15.5. The summed E-state index contributed by atoms with van der Waals surface area (Å²) >= 11 is 0. The molecule has 1 aliphatic heterocycles. The van der Waals surface area contributed by atoms with Gasteiger partial charge in [-0.3, -0.25) is 5.01 Å². The molecule has 192 valence electrons. The van der Waals surface area contributed by atoms with Crippen LogP contribution in [-0.2, 0) is 16.4 Å². The van der Waals surface area contributed by atoms with Crippen molar-refractivity contribution in [2.75, 3.05) is 33.4 Å². The van der Waals surface area contributed by atoms with Crippen LogP contribution in [-0.4, -0.2) is 80.8 Å². The quantitative estimate of drug-likeness (QED) is 0.453. The van der Waals surface area contributed by atoms with Gasteiger partial charge in [0.1, 0.15) is 17.7 Å². The van der Waals surface area contributed by atoms with E-state index in [9.17, 15) is 17.6 Å². The Labute approximate surface area is 202 Å². The third-order valence-electron chi connectivity index (χ3n) is 6.07. The molecule has 0 bridgehead atoms. The summed E-state index contributed by atoms with van der Waals surface area (Å²) < 4.78 is 85.9. The second kappa shape index (κ2) is 10.1. The van der Waals surface area contributed by atoms with Crippen LogP contribution in [0.1, 0.15) is 12.5 Å². The molecule has 1 aliphatic rings. The van der Waals surface area contributed by atoms with Crippen molar-refractivity contribution in [2.24, 2.45) is 0 Å². The number of sulfonamides is 1. The van der Waals surface area contributed by atoms with Crippen molar-refractivity contribution in [1.82, 2.24) is 19.6 Å². The van der Waals surface area contributed by atoms with Crippen LogP contribution >= 0.6 is 0 Å². The zero-order valence-corrected chi connectivity index (χ0v) is 20.6. The zero-order valence-electron chi connectivity index (χ0n) is 19.8. The van der Waals surface area contributed by atoms with Crippen molar-refractivity contribution in [3.05, 3.63) is 59.7 Å². The maximum Gasteiger partial charge on any atom is 0.334 e. The fourth-order valence-corrected chi connectivity index (χ4v) is 4.86. The van der Waals surface area contributed by atoms with Crippen molar-refractivity contribution >= 4 is 16.1 Å². The van der Waals surface area contributed by atoms with Crippen molar-refractivity contribution in [2.45, 2.75) is 31.4 Å². The molecule has 12 heteroatoms. The lowest BCUT2D eigenvalue weighted by atomic mass is 9.95. The number of nitrogens with zero attached hydrogens (tertiary/aromatic N) is 3. The third kappa shape index (κ3) is 5.76. The molecule has 7 nitrogen and oxygen atoms in total. The van der Waals surface area contributed by atoms with Crippen LogP contribution in [0.5, 0.6) is 0 Å². The van der Waals surface area contributed by atoms with Crippen LogP contribution < -0.4 is 4.72 Å². The second-order valence-corrected chi connectivity index (χ2v) is 10.6. The molecule has 35 heavy (non-hydrogen) atoms. The Morgan fingerprint density at radius 2 is 1.80 bits per heavy atom. The van der Waals surface area contributed by atoms with E-state index >= 15 is 13.2 Å². The largest absolute Gasteiger partial charge is 0.334 e. The Hall–Kier alpha value is -2.70. The van der Waals surface area contributed by atoms with Gasteiger partial charge < -0.3 is 4.90 Å². The van der Waals surface area contributed by atoms with Gasteiger partial charge in [-0.15, -0.1) is 0 Å². The number of likely N-dealkylation sites (tertiary alicyclic amines) is 1. The van der Waals surface area contributed by atoms with E-state index in [0.29, 0.717) is 0 Å². The summed E-state index contributed by atoms with van der Waals surface area (Å²) in [6.45, 7) is 0.256. The summed E-state index contributed by atoms with van der Waals surface area (Å²) in [6, 6.07) is 5.43. The maximum absolute atomic E-state index is 15.5. The van der Waals surface area contributed by atoms with Crippen molar-refractivity contribution in [3.8, 4) is 11.1 Å². The molecule has 2 aromatic rings. The number of carbonyl (C=O) groups excluding carboxylic acids is 1. The third-order valence-corrected chi connectivity index (χ3v) is 7.45. The first-order valence-electron chi connectivity index (χ1n) is 10.9. The zero-order chi connectivity index (χ0) is 26.1. The second-order valence-electron chi connectivity index (χ2n) is 8.60. The van der Waals surface area contributed by atoms with E-state index in [2.05, 4.69) is 0 Å². The minimum atomic E-state index is -4.08. The average Bonchev–Trinajstić information content (AvgIpc) is 3.03. The number of hydrazine groups is 1. The van der Waals surface area contributed by atoms with Crippen molar-refractivity contribution in [1.29, 1.82) is 0 Å². The number of alkyl halides is 2. The summed E-state index contributed by atoms with van der Waals surface area (Å²) in [5.41, 5.74) is 0.297. The number of amides is 2. The lowest BCUT2D eigenvalue weighted by molar-refractivity contribution is -0.00722. The smallest absolute Gasteiger partial charge is 0.312 e. The Balaban J connectivity index is 2.06. The molecule has 1 N–H and O–H groups in total. The van der Waals surface area contributed by atoms with Crippen LogP contribution in [0.3, 0.4) is 0 Å². The molecule has 2 atom stereocenters. The molecule has 1 heterocycles. The topological polar surface area (TPSA) is 73.0 Å². The normalized spacial score (nSPS) is 19.9. The van der Waals surface area contributed by atoms with E-state index < -0.39 is 64.4 Å². The summed E-state index contributed by atoms with van der Waals surface area (Å²) in [4.78, 5) is 13.9. The van der Waals surface area contributed by atoms with Gasteiger partial charge >= 0.3 is 6.03 Å². The van der Waals surface area contributed by atoms with Crippen LogP contribution in [0.25, 0.3) is 11.1 Å². The average molecular weight is 517 g/mol. The van der Waals surface area contributed by atoms with Gasteiger partial charge in [-0.05, 0) is 36.6 Å². The van der Waals surface area contributed by atoms with E-state index in [-0.39, 0.29) is 16.7 Å². The highest BCUT2D eigenvalue weighted by molar-refractivity contribution is 7.89. The van der Waals surface area contributed by atoms with Gasteiger partial charge in [0, 0.05) is 26.7 Å². The lowest BCUT2D eigenvalue weighted by Crippen LogP contribution is -2.54. The van der Waals surface area contributed by atoms with Crippen LogP contribution in [0.4, 0.5) is 22.4 Å². The number of rotatable bonds is 7. The molecule has 0 aromatic heterocycles. The first kappa shape index (κ1) is 26.9. The minimum absolute atomic E-state index is 0.0135. The lowest BCUT2D eigenvalue weighted by Gasteiger charge is -2.33. The first-order chi connectivity index (χ1) is 16.3. The highest BCUT2D eigenvalue weighted by Crippen LogP contribution is 2.37. The van der Waals surface area contributed by atoms with Gasteiger partial charge in [0.05, 0.1) is 18.3 Å². The summed E-state index contributed by atoms with van der Waals surface area (Å²) in [5, 5.41) is 2.48. The Bertz CT molecular complexity index is 1190. The molecule has 0 saturated carbocycles. The molecule has 2 aromatic carbocycles. The molecular weight excluding hydrogens is 488 g/mol. The van der Waals surface area contributed by atoms with Gasteiger partial charge in [-0.2, -0.15) is 0 Å². The van der Waals surface area contributed by atoms with Crippen LogP contribution in [0.2, 0.25) is 0 Å². The van der Waals surface area contributed by atoms with E-state index in [0.717, 1.165) is 16.0 Å². The highest BCUT2D eigenvalue weighted by atomic mass is 32.2. The molecule has 1 fully saturated rings. The van der Waals surface area contributed by atoms with E-state index in [4.69, 9.17) is 0 Å². The molecule has 0 radical (unpaired) electrons. The van der Waals surface area contributed by atoms with Gasteiger partial charge in [0.15, 0.2) is 0 Å². The SMILES string of the molecule is CCS(=O)(=O)N[C@@H]1[C@H](Cc2cccc(-c3cccc(F)c3)c2F)N(C(=O)N(C)N(C)C)CC1(F)F. The fourth-order valence-electron chi connectivity index (χ4n) is 3.98. The number of hydrogen-bond donors (Lipinski definition) is 1. The van der Waals surface area contributed by atoms with Crippen LogP contribution in [0, 0.1) is 11.6 Å². The molecule has 0 unspecified atom stereocenters. The number of halogens is 4. The molecular formula is C23H28F4N4O3S. The highest BCUT2D eigenvalue weighted by Gasteiger charge is 2.57. The van der Waals surface area contributed by atoms with Crippen molar-refractivity contribution in [3.63, 3.8) is 0 Å². The summed E-state index contributed by atoms with van der Waals surface area (Å²) in [6.07, 6.45) is -0.394. The Kier molecular flexibility index (Phi) is 7.77. The van der Waals surface area contributed by atoms with Crippen LogP contribution in [0.15, 0.2) is 42.5 Å². The Morgan fingerprint density at radius 1 is 1.14 bits per heavy atom. The molecule has 2 amide bonds. The fraction of sp³-hybridized carbons (Fsp3) is 0.435. The molecule has 1 saturated heterocycles. The van der Waals surface area contributed by atoms with Gasteiger partial charge in [-0.25, -0.2) is 40.5 Å². The van der Waals surface area contributed by atoms with Gasteiger partial charge in [0.2, 0.25) is 10.0 Å². The number of benzene rings is 2. The molecule has 3 rings (SSSR count). The Morgan fingerprint density at radius 3 is 2.40 bits per heavy atom. The summed E-state index contributed by atoms with van der Waals surface area (Å²) in [5.74, 6) is -5.38. The standard InChI is InChI=1S/C23H28F4N4O3S/c1-5-35(33,34)28-21-19(31(14-23(21,26)27)22(32)30(4)29(2)3)13-16-9-7-11-18(20(16)25)15-8-6-10-17(24)12-15/h6-12,19,21,28H,5,13-14H2,1-4H3/t19-,21+/m0/s1. The number of nitrogens with one attached hydrogen (secondary N) is 1. The van der Waals surface area contributed by atoms with Gasteiger partial charge in [0.25, 0.3) is 5.92 Å². The van der Waals surface area contributed by atoms with E-state index in [1.807, 2.05) is 4.72 Å². The monoisotopic (exact) mass is 516 g/mol. The van der Waals surface area contributed by atoms with Gasteiger partial charge in [-0.1, -0.05) is 30.3 Å². The van der Waals surface area contributed by atoms with Crippen molar-refractivity contribution < 1.29 is 30.8 Å². The minimum Gasteiger partial charge on any atom is -0.312 e. The predicted molar refractivity (Wildman–Crippen MR) is 124 cm³/mol. The molecule has 0 aliphatic carbocycles. The first-order valence-corrected chi connectivity index (χ1v) is 12.6. The number of urea groups is 1. The predicted octanol–water partition coefficient (Wildman–Crippen LogP) is 3.33. The molecule has 0 spiro atoms. The van der Waals surface area contributed by atoms with E-state index in [1.54, 1.807) is 14.1 Å². The van der Waals surface area contributed by atoms with E-state index in [1.165, 1.54) is 55.4 Å².